The second kappa shape index (κ2) is 7.96. The van der Waals surface area contributed by atoms with Crippen LogP contribution < -0.4 is 5.32 Å². The molecule has 0 bridgehead atoms. The minimum absolute atomic E-state index is 0.665. The summed E-state index contributed by atoms with van der Waals surface area (Å²) in [6.45, 7) is 5.60. The Labute approximate surface area is 122 Å². The number of hydrogen-bond acceptors (Lipinski definition) is 2. The van der Waals surface area contributed by atoms with E-state index in [2.05, 4.69) is 43.4 Å². The van der Waals surface area contributed by atoms with Gasteiger partial charge < -0.3 is 5.32 Å². The molecule has 2 atom stereocenters. The molecule has 106 valence electrons. The van der Waals surface area contributed by atoms with Gasteiger partial charge in [-0.3, -0.25) is 0 Å². The van der Waals surface area contributed by atoms with Crippen molar-refractivity contribution in [2.45, 2.75) is 62.8 Å². The van der Waals surface area contributed by atoms with Crippen molar-refractivity contribution in [3.8, 4) is 0 Å². The van der Waals surface area contributed by atoms with Crippen molar-refractivity contribution in [3.05, 3.63) is 29.8 Å². The summed E-state index contributed by atoms with van der Waals surface area (Å²) in [6, 6.07) is 9.63. The summed E-state index contributed by atoms with van der Waals surface area (Å²) >= 11 is 2.03. The lowest BCUT2D eigenvalue weighted by Crippen LogP contribution is -2.35. The zero-order chi connectivity index (χ0) is 13.5. The average molecular weight is 277 g/mol. The van der Waals surface area contributed by atoms with Crippen LogP contribution in [-0.2, 0) is 0 Å². The van der Waals surface area contributed by atoms with Crippen LogP contribution in [0.5, 0.6) is 0 Å². The smallest absolute Gasteiger partial charge is 0.0144 e. The second-order valence-corrected chi connectivity index (χ2v) is 6.53. The molecule has 0 aromatic heterocycles. The number of benzene rings is 1. The summed E-state index contributed by atoms with van der Waals surface area (Å²) in [4.78, 5) is 1.50. The van der Waals surface area contributed by atoms with Gasteiger partial charge in [-0.1, -0.05) is 57.7 Å². The summed E-state index contributed by atoms with van der Waals surface area (Å²) in [5.74, 6) is 1.97. The fourth-order valence-corrected chi connectivity index (χ4v) is 4.35. The first kappa shape index (κ1) is 14.9. The van der Waals surface area contributed by atoms with Crippen molar-refractivity contribution < 1.29 is 0 Å². The molecule has 0 fully saturated rings. The SMILES string of the molecule is CCCCCCC(NCC)C1CSc2ccccc21. The van der Waals surface area contributed by atoms with Crippen molar-refractivity contribution in [1.29, 1.82) is 0 Å². The minimum Gasteiger partial charge on any atom is -0.314 e. The first-order valence-corrected chi connectivity index (χ1v) is 8.80. The van der Waals surface area contributed by atoms with Gasteiger partial charge in [0.05, 0.1) is 0 Å². The van der Waals surface area contributed by atoms with Crippen LogP contribution in [0, 0.1) is 0 Å². The second-order valence-electron chi connectivity index (χ2n) is 5.47. The molecule has 19 heavy (non-hydrogen) atoms. The Bertz CT molecular complexity index is 377. The zero-order valence-corrected chi connectivity index (χ0v) is 13.1. The van der Waals surface area contributed by atoms with Crippen molar-refractivity contribution in [2.24, 2.45) is 0 Å². The Balaban J connectivity index is 1.96. The minimum atomic E-state index is 0.665. The van der Waals surface area contributed by atoms with Gasteiger partial charge in [-0.2, -0.15) is 0 Å². The highest BCUT2D eigenvalue weighted by atomic mass is 32.2. The topological polar surface area (TPSA) is 12.0 Å². The van der Waals surface area contributed by atoms with E-state index < -0.39 is 0 Å². The Morgan fingerprint density at radius 2 is 2.05 bits per heavy atom. The molecular weight excluding hydrogens is 250 g/mol. The highest BCUT2D eigenvalue weighted by Gasteiger charge is 2.29. The molecular formula is C17H27NS. The van der Waals surface area contributed by atoms with Gasteiger partial charge in [-0.15, -0.1) is 11.8 Å². The lowest BCUT2D eigenvalue weighted by atomic mass is 9.89. The Kier molecular flexibility index (Phi) is 6.25. The maximum Gasteiger partial charge on any atom is 0.0144 e. The highest BCUT2D eigenvalue weighted by molar-refractivity contribution is 7.99. The molecule has 1 nitrogen and oxygen atoms in total. The molecule has 1 heterocycles. The van der Waals surface area contributed by atoms with Gasteiger partial charge in [0.1, 0.15) is 0 Å². The van der Waals surface area contributed by atoms with Gasteiger partial charge in [0, 0.05) is 22.6 Å². The lowest BCUT2D eigenvalue weighted by molar-refractivity contribution is 0.419. The van der Waals surface area contributed by atoms with Gasteiger partial charge >= 0.3 is 0 Å². The molecule has 2 rings (SSSR count). The van der Waals surface area contributed by atoms with Crippen LogP contribution in [0.3, 0.4) is 0 Å². The molecule has 1 aliphatic rings. The molecule has 0 saturated heterocycles. The summed E-state index contributed by atoms with van der Waals surface area (Å²) in [5, 5.41) is 3.73. The number of likely N-dealkylation sites (N-methyl/N-ethyl adjacent to an activating group) is 1. The van der Waals surface area contributed by atoms with E-state index >= 15 is 0 Å². The van der Waals surface area contributed by atoms with E-state index in [4.69, 9.17) is 0 Å². The molecule has 1 aliphatic heterocycles. The average Bonchev–Trinajstić information content (AvgIpc) is 2.86. The van der Waals surface area contributed by atoms with Crippen LogP contribution in [0.4, 0.5) is 0 Å². The molecule has 1 aromatic carbocycles. The van der Waals surface area contributed by atoms with E-state index in [0.717, 1.165) is 6.54 Å². The Morgan fingerprint density at radius 3 is 2.84 bits per heavy atom. The number of unbranched alkanes of at least 4 members (excludes halogenated alkanes) is 3. The number of fused-ring (bicyclic) bond motifs is 1. The Hall–Kier alpha value is -0.470. The normalized spacial score (nSPS) is 19.4. The lowest BCUT2D eigenvalue weighted by Gasteiger charge is -2.25. The Morgan fingerprint density at radius 1 is 1.21 bits per heavy atom. The first-order chi connectivity index (χ1) is 9.36. The third-order valence-corrected chi connectivity index (χ3v) is 5.27. The summed E-state index contributed by atoms with van der Waals surface area (Å²) in [5.41, 5.74) is 1.58. The van der Waals surface area contributed by atoms with Gasteiger partial charge in [-0.25, -0.2) is 0 Å². The van der Waals surface area contributed by atoms with E-state index in [-0.39, 0.29) is 0 Å². The van der Waals surface area contributed by atoms with E-state index in [1.165, 1.54) is 42.8 Å². The molecule has 0 amide bonds. The number of nitrogens with one attached hydrogen (secondary N) is 1. The fraction of sp³-hybridized carbons (Fsp3) is 0.647. The summed E-state index contributed by atoms with van der Waals surface area (Å²) < 4.78 is 0. The molecule has 1 N–H and O–H groups in total. The number of hydrogen-bond donors (Lipinski definition) is 1. The maximum absolute atomic E-state index is 3.73. The highest BCUT2D eigenvalue weighted by Crippen LogP contribution is 2.41. The van der Waals surface area contributed by atoms with Crippen LogP contribution >= 0.6 is 11.8 Å². The zero-order valence-electron chi connectivity index (χ0n) is 12.3. The van der Waals surface area contributed by atoms with E-state index in [9.17, 15) is 0 Å². The first-order valence-electron chi connectivity index (χ1n) is 7.82. The van der Waals surface area contributed by atoms with Gasteiger partial charge in [0.25, 0.3) is 0 Å². The van der Waals surface area contributed by atoms with Crippen LogP contribution in [0.1, 0.15) is 57.4 Å². The molecule has 0 radical (unpaired) electrons. The van der Waals surface area contributed by atoms with Gasteiger partial charge in [-0.05, 0) is 24.6 Å². The van der Waals surface area contributed by atoms with Crippen LogP contribution in [-0.4, -0.2) is 18.3 Å². The molecule has 0 saturated carbocycles. The van der Waals surface area contributed by atoms with E-state index in [0.29, 0.717) is 12.0 Å². The van der Waals surface area contributed by atoms with Crippen LogP contribution in [0.15, 0.2) is 29.2 Å². The van der Waals surface area contributed by atoms with Crippen molar-refractivity contribution in [3.63, 3.8) is 0 Å². The van der Waals surface area contributed by atoms with Crippen LogP contribution in [0.2, 0.25) is 0 Å². The van der Waals surface area contributed by atoms with E-state index in [1.807, 2.05) is 11.8 Å². The summed E-state index contributed by atoms with van der Waals surface area (Å²) in [7, 11) is 0. The van der Waals surface area contributed by atoms with Gasteiger partial charge in [0.15, 0.2) is 0 Å². The summed E-state index contributed by atoms with van der Waals surface area (Å²) in [6.07, 6.45) is 6.80. The molecule has 0 aliphatic carbocycles. The fourth-order valence-electron chi connectivity index (χ4n) is 3.02. The molecule has 0 spiro atoms. The maximum atomic E-state index is 3.73. The molecule has 2 heteroatoms. The number of thioether (sulfide) groups is 1. The van der Waals surface area contributed by atoms with Crippen molar-refractivity contribution >= 4 is 11.8 Å². The van der Waals surface area contributed by atoms with E-state index in [1.54, 1.807) is 5.56 Å². The number of rotatable bonds is 8. The van der Waals surface area contributed by atoms with Crippen LogP contribution in [0.25, 0.3) is 0 Å². The third kappa shape index (κ3) is 4.00. The predicted octanol–water partition coefficient (Wildman–Crippen LogP) is 4.82. The largest absolute Gasteiger partial charge is 0.314 e. The predicted molar refractivity (Wildman–Crippen MR) is 86.1 cm³/mol. The monoisotopic (exact) mass is 277 g/mol. The standard InChI is InChI=1S/C17H27NS/c1-3-5-6-7-11-16(18-4-2)15-13-19-17-12-9-8-10-14(15)17/h8-10,12,15-16,18H,3-7,11,13H2,1-2H3. The molecule has 2 unspecified atom stereocenters. The molecule has 1 aromatic rings. The van der Waals surface area contributed by atoms with Crippen molar-refractivity contribution in [2.75, 3.05) is 12.3 Å². The quantitative estimate of drug-likeness (QED) is 0.683. The van der Waals surface area contributed by atoms with Crippen molar-refractivity contribution in [1.82, 2.24) is 5.32 Å². The third-order valence-electron chi connectivity index (χ3n) is 4.06. The van der Waals surface area contributed by atoms with Gasteiger partial charge in [0.2, 0.25) is 0 Å².